The summed E-state index contributed by atoms with van der Waals surface area (Å²) in [5.41, 5.74) is 6.79. The Morgan fingerprint density at radius 3 is 2.35 bits per heavy atom. The van der Waals surface area contributed by atoms with Crippen LogP contribution in [0.15, 0.2) is 59.7 Å². The number of nitrogens with two attached hydrogens (primary N) is 1. The molecule has 20 heavy (non-hydrogen) atoms. The normalized spacial score (nSPS) is 10.4. The first kappa shape index (κ1) is 13.6. The molecule has 2 rings (SSSR count). The molecule has 0 saturated heterocycles. The van der Waals surface area contributed by atoms with Gasteiger partial charge < -0.3 is 10.5 Å². The van der Waals surface area contributed by atoms with Crippen molar-refractivity contribution in [1.29, 1.82) is 0 Å². The average molecular weight is 269 g/mol. The molecular weight excluding hydrogens is 254 g/mol. The van der Waals surface area contributed by atoms with Gasteiger partial charge in [0.15, 0.2) is 0 Å². The van der Waals surface area contributed by atoms with E-state index in [1.807, 2.05) is 42.5 Å². The molecule has 0 unspecified atom stereocenters. The number of ether oxygens (including phenoxy) is 1. The lowest BCUT2D eigenvalue weighted by Gasteiger charge is -2.13. The van der Waals surface area contributed by atoms with Crippen molar-refractivity contribution in [2.45, 2.75) is 0 Å². The number of hydrogen-bond donors (Lipinski definition) is 1. The molecule has 102 valence electrons. The molecular formula is C15H15N3O2. The van der Waals surface area contributed by atoms with Gasteiger partial charge in [-0.2, -0.15) is 10.1 Å². The lowest BCUT2D eigenvalue weighted by molar-refractivity contribution is 0.254. The average Bonchev–Trinajstić information content (AvgIpc) is 2.49. The highest BCUT2D eigenvalue weighted by Gasteiger charge is 2.09. The molecule has 0 aliphatic carbocycles. The number of methoxy groups -OCH3 is 1. The summed E-state index contributed by atoms with van der Waals surface area (Å²) in [6.07, 6.45) is 1.57. The van der Waals surface area contributed by atoms with Crippen molar-refractivity contribution >= 4 is 17.9 Å². The highest BCUT2D eigenvalue weighted by Crippen LogP contribution is 2.14. The van der Waals surface area contributed by atoms with Crippen molar-refractivity contribution in [2.75, 3.05) is 12.1 Å². The van der Waals surface area contributed by atoms with Crippen LogP contribution in [-0.4, -0.2) is 19.4 Å². The van der Waals surface area contributed by atoms with Crippen LogP contribution in [0.1, 0.15) is 5.56 Å². The predicted octanol–water partition coefficient (Wildman–Crippen LogP) is 2.61. The fourth-order valence-corrected chi connectivity index (χ4v) is 1.63. The number of nitrogens with zero attached hydrogens (tertiary/aromatic N) is 2. The third kappa shape index (κ3) is 3.35. The molecule has 0 aromatic heterocycles. The van der Waals surface area contributed by atoms with Gasteiger partial charge in [-0.3, -0.25) is 0 Å². The Morgan fingerprint density at radius 1 is 1.15 bits per heavy atom. The van der Waals surface area contributed by atoms with Gasteiger partial charge >= 0.3 is 6.03 Å². The lowest BCUT2D eigenvalue weighted by atomic mass is 10.2. The molecule has 5 nitrogen and oxygen atoms in total. The highest BCUT2D eigenvalue weighted by molar-refractivity contribution is 5.92. The van der Waals surface area contributed by atoms with Crippen LogP contribution in [0, 0.1) is 0 Å². The van der Waals surface area contributed by atoms with Crippen LogP contribution < -0.4 is 15.5 Å². The molecule has 0 aliphatic heterocycles. The number of anilines is 1. The van der Waals surface area contributed by atoms with Crippen LogP contribution in [0.25, 0.3) is 0 Å². The Balaban J connectivity index is 2.19. The van der Waals surface area contributed by atoms with E-state index >= 15 is 0 Å². The number of carbonyl (C=O) groups excluding carboxylic acids is 1. The van der Waals surface area contributed by atoms with E-state index < -0.39 is 6.03 Å². The van der Waals surface area contributed by atoms with Crippen molar-refractivity contribution in [2.24, 2.45) is 10.8 Å². The number of amides is 2. The van der Waals surface area contributed by atoms with Crippen molar-refractivity contribution in [1.82, 2.24) is 0 Å². The second kappa shape index (κ2) is 6.38. The van der Waals surface area contributed by atoms with Gasteiger partial charge in [-0.1, -0.05) is 18.2 Å². The van der Waals surface area contributed by atoms with E-state index in [0.29, 0.717) is 5.69 Å². The van der Waals surface area contributed by atoms with E-state index in [2.05, 4.69) is 5.10 Å². The fraction of sp³-hybridized carbons (Fsp3) is 0.0667. The molecule has 0 heterocycles. The Bertz CT molecular complexity index is 594. The predicted molar refractivity (Wildman–Crippen MR) is 79.1 cm³/mol. The zero-order valence-electron chi connectivity index (χ0n) is 11.1. The Kier molecular flexibility index (Phi) is 4.34. The van der Waals surface area contributed by atoms with Crippen LogP contribution in [0.4, 0.5) is 10.5 Å². The largest absolute Gasteiger partial charge is 0.497 e. The van der Waals surface area contributed by atoms with Gasteiger partial charge in [-0.05, 0) is 42.0 Å². The number of benzene rings is 2. The molecule has 0 fully saturated rings. The topological polar surface area (TPSA) is 67.9 Å². The standard InChI is InChI=1S/C15H15N3O2/c1-20-14-9-7-12(8-10-14)11-17-18(15(16)19)13-5-3-2-4-6-13/h2-11H,1H3,(H2,16,19)/b17-11+. The summed E-state index contributed by atoms with van der Waals surface area (Å²) < 4.78 is 5.07. The summed E-state index contributed by atoms with van der Waals surface area (Å²) in [5, 5.41) is 5.26. The molecule has 0 saturated carbocycles. The summed E-state index contributed by atoms with van der Waals surface area (Å²) in [5.74, 6) is 0.761. The maximum absolute atomic E-state index is 11.4. The van der Waals surface area contributed by atoms with Crippen molar-refractivity contribution in [3.63, 3.8) is 0 Å². The van der Waals surface area contributed by atoms with Crippen LogP contribution in [0.5, 0.6) is 5.75 Å². The van der Waals surface area contributed by atoms with Gasteiger partial charge in [0, 0.05) is 0 Å². The quantitative estimate of drug-likeness (QED) is 0.684. The smallest absolute Gasteiger partial charge is 0.340 e. The number of hydrogen-bond acceptors (Lipinski definition) is 3. The summed E-state index contributed by atoms with van der Waals surface area (Å²) >= 11 is 0. The van der Waals surface area contributed by atoms with Crippen LogP contribution in [0.3, 0.4) is 0 Å². The van der Waals surface area contributed by atoms with E-state index in [1.165, 1.54) is 0 Å². The van der Waals surface area contributed by atoms with E-state index in [-0.39, 0.29) is 0 Å². The first-order valence-corrected chi connectivity index (χ1v) is 6.03. The number of para-hydroxylation sites is 1. The van der Waals surface area contributed by atoms with E-state index in [0.717, 1.165) is 16.3 Å². The first-order valence-electron chi connectivity index (χ1n) is 6.03. The van der Waals surface area contributed by atoms with Crippen molar-refractivity contribution in [3.8, 4) is 5.75 Å². The van der Waals surface area contributed by atoms with Gasteiger partial charge in [0.25, 0.3) is 0 Å². The highest BCUT2D eigenvalue weighted by atomic mass is 16.5. The molecule has 0 aliphatic rings. The van der Waals surface area contributed by atoms with E-state index in [4.69, 9.17) is 10.5 Å². The van der Waals surface area contributed by atoms with E-state index in [1.54, 1.807) is 25.5 Å². The van der Waals surface area contributed by atoms with Gasteiger partial charge in [0.1, 0.15) is 5.75 Å². The third-order valence-electron chi connectivity index (χ3n) is 2.65. The minimum atomic E-state index is -0.638. The maximum Gasteiger partial charge on any atom is 0.340 e. The number of hydrazone groups is 1. The van der Waals surface area contributed by atoms with Crippen LogP contribution in [-0.2, 0) is 0 Å². The van der Waals surface area contributed by atoms with Crippen molar-refractivity contribution < 1.29 is 9.53 Å². The second-order valence-electron chi connectivity index (χ2n) is 4.00. The molecule has 2 aromatic carbocycles. The molecule has 5 heteroatoms. The van der Waals surface area contributed by atoms with Crippen LogP contribution in [0.2, 0.25) is 0 Å². The molecule has 0 spiro atoms. The summed E-state index contributed by atoms with van der Waals surface area (Å²) in [6, 6.07) is 15.7. The first-order chi connectivity index (χ1) is 9.70. The van der Waals surface area contributed by atoms with Gasteiger partial charge in [-0.25, -0.2) is 4.79 Å². The summed E-state index contributed by atoms with van der Waals surface area (Å²) in [6.45, 7) is 0. The third-order valence-corrected chi connectivity index (χ3v) is 2.65. The summed E-state index contributed by atoms with van der Waals surface area (Å²) in [7, 11) is 1.60. The Morgan fingerprint density at radius 2 is 1.80 bits per heavy atom. The van der Waals surface area contributed by atoms with Gasteiger partial charge in [0.05, 0.1) is 19.0 Å². The summed E-state index contributed by atoms with van der Waals surface area (Å²) in [4.78, 5) is 11.4. The molecule has 2 amide bonds. The maximum atomic E-state index is 11.4. The SMILES string of the molecule is COc1ccc(/C=N/N(C(N)=O)c2ccccc2)cc1. The minimum absolute atomic E-state index is 0.616. The Labute approximate surface area is 117 Å². The minimum Gasteiger partial charge on any atom is -0.497 e. The molecule has 0 radical (unpaired) electrons. The monoisotopic (exact) mass is 269 g/mol. The number of primary amides is 1. The number of carbonyl (C=O) groups is 1. The number of rotatable bonds is 4. The molecule has 0 atom stereocenters. The van der Waals surface area contributed by atoms with E-state index in [9.17, 15) is 4.79 Å². The molecule has 2 aromatic rings. The van der Waals surface area contributed by atoms with Gasteiger partial charge in [0.2, 0.25) is 0 Å². The lowest BCUT2D eigenvalue weighted by Crippen LogP contribution is -2.31. The van der Waals surface area contributed by atoms with Crippen LogP contribution >= 0.6 is 0 Å². The second-order valence-corrected chi connectivity index (χ2v) is 4.00. The fourth-order valence-electron chi connectivity index (χ4n) is 1.63. The zero-order valence-corrected chi connectivity index (χ0v) is 11.1. The number of urea groups is 1. The zero-order chi connectivity index (χ0) is 14.4. The molecule has 0 bridgehead atoms. The molecule has 2 N–H and O–H groups in total. The Hall–Kier alpha value is -2.82. The van der Waals surface area contributed by atoms with Crippen molar-refractivity contribution in [3.05, 3.63) is 60.2 Å². The van der Waals surface area contributed by atoms with Gasteiger partial charge in [-0.15, -0.1) is 0 Å².